The molecule has 0 unspecified atom stereocenters. The molecular weight excluding hydrogens is 281 g/mol. The fourth-order valence-electron chi connectivity index (χ4n) is 1.83. The molecule has 2 rings (SSSR count). The maximum Gasteiger partial charge on any atom is 0.246 e. The standard InChI is InChI=1S/C11H13ClFNO3S/c1-2-11(15)6-14(7-11)18(16,17)9-5-3-4-8(12)10(9)13/h3-5,15H,2,6-7H2,1H3. The number of aliphatic hydroxyl groups is 1. The van der Waals surface area contributed by atoms with Crippen molar-refractivity contribution in [3.8, 4) is 0 Å². The fraction of sp³-hybridized carbons (Fsp3) is 0.455. The van der Waals surface area contributed by atoms with E-state index in [0.29, 0.717) is 6.42 Å². The minimum atomic E-state index is -3.92. The lowest BCUT2D eigenvalue weighted by Crippen LogP contribution is -2.62. The molecule has 18 heavy (non-hydrogen) atoms. The van der Waals surface area contributed by atoms with Crippen molar-refractivity contribution < 1.29 is 17.9 Å². The lowest BCUT2D eigenvalue weighted by molar-refractivity contribution is -0.0614. The number of β-amino-alcohol motifs (C(OH)–C–C–N with tert-alkyl or cyclic N) is 1. The number of benzene rings is 1. The summed E-state index contributed by atoms with van der Waals surface area (Å²) in [5.41, 5.74) is -0.998. The van der Waals surface area contributed by atoms with Gasteiger partial charge in [-0.1, -0.05) is 24.6 Å². The first kappa shape index (κ1) is 13.7. The van der Waals surface area contributed by atoms with Crippen LogP contribution in [-0.2, 0) is 10.0 Å². The van der Waals surface area contributed by atoms with Gasteiger partial charge in [0.05, 0.1) is 10.6 Å². The van der Waals surface area contributed by atoms with Gasteiger partial charge in [0, 0.05) is 13.1 Å². The Morgan fingerprint density at radius 3 is 2.67 bits per heavy atom. The van der Waals surface area contributed by atoms with Gasteiger partial charge in [0.2, 0.25) is 10.0 Å². The van der Waals surface area contributed by atoms with Crippen LogP contribution in [0.2, 0.25) is 5.02 Å². The minimum absolute atomic E-state index is 0.0161. The average molecular weight is 294 g/mol. The number of nitrogens with zero attached hydrogens (tertiary/aromatic N) is 1. The fourth-order valence-corrected chi connectivity index (χ4v) is 3.74. The van der Waals surface area contributed by atoms with E-state index in [1.807, 2.05) is 0 Å². The predicted molar refractivity (Wildman–Crippen MR) is 65.4 cm³/mol. The third kappa shape index (κ3) is 2.14. The number of hydrogen-bond acceptors (Lipinski definition) is 3. The van der Waals surface area contributed by atoms with Crippen molar-refractivity contribution in [3.05, 3.63) is 29.0 Å². The molecule has 0 saturated carbocycles. The first-order chi connectivity index (χ1) is 8.30. The molecule has 0 spiro atoms. The summed E-state index contributed by atoms with van der Waals surface area (Å²) < 4.78 is 39.0. The van der Waals surface area contributed by atoms with Crippen LogP contribution in [0.25, 0.3) is 0 Å². The Kier molecular flexibility index (Phi) is 3.40. The minimum Gasteiger partial charge on any atom is -0.387 e. The highest BCUT2D eigenvalue weighted by Crippen LogP contribution is 2.32. The topological polar surface area (TPSA) is 57.6 Å². The summed E-state index contributed by atoms with van der Waals surface area (Å²) in [6.07, 6.45) is 0.455. The van der Waals surface area contributed by atoms with Crippen LogP contribution in [0, 0.1) is 5.82 Å². The molecule has 1 N–H and O–H groups in total. The zero-order valence-electron chi connectivity index (χ0n) is 9.73. The maximum absolute atomic E-state index is 13.7. The van der Waals surface area contributed by atoms with Crippen LogP contribution in [0.1, 0.15) is 13.3 Å². The Morgan fingerprint density at radius 1 is 1.50 bits per heavy atom. The number of rotatable bonds is 3. The van der Waals surface area contributed by atoms with Crippen LogP contribution >= 0.6 is 11.6 Å². The van der Waals surface area contributed by atoms with Crippen molar-refractivity contribution in [2.45, 2.75) is 23.8 Å². The van der Waals surface area contributed by atoms with Crippen molar-refractivity contribution in [2.75, 3.05) is 13.1 Å². The van der Waals surface area contributed by atoms with Crippen LogP contribution in [0.4, 0.5) is 4.39 Å². The van der Waals surface area contributed by atoms with Gasteiger partial charge in [0.15, 0.2) is 5.82 Å². The molecule has 0 radical (unpaired) electrons. The Balaban J connectivity index is 2.31. The normalized spacial score (nSPS) is 19.6. The molecule has 0 amide bonds. The lowest BCUT2D eigenvalue weighted by atomic mass is 9.94. The summed E-state index contributed by atoms with van der Waals surface area (Å²) in [6.45, 7) is 1.74. The Labute approximate surface area is 110 Å². The molecule has 0 bridgehead atoms. The third-order valence-electron chi connectivity index (χ3n) is 3.13. The molecule has 4 nitrogen and oxygen atoms in total. The molecule has 1 aliphatic heterocycles. The summed E-state index contributed by atoms with van der Waals surface area (Å²) in [7, 11) is -3.92. The quantitative estimate of drug-likeness (QED) is 0.921. The van der Waals surface area contributed by atoms with E-state index in [1.165, 1.54) is 18.2 Å². The van der Waals surface area contributed by atoms with E-state index in [4.69, 9.17) is 11.6 Å². The molecule has 0 atom stereocenters. The Morgan fingerprint density at radius 2 is 2.11 bits per heavy atom. The van der Waals surface area contributed by atoms with E-state index in [1.54, 1.807) is 6.92 Å². The zero-order chi connectivity index (χ0) is 13.6. The van der Waals surface area contributed by atoms with E-state index >= 15 is 0 Å². The molecule has 1 aromatic rings. The van der Waals surface area contributed by atoms with E-state index in [9.17, 15) is 17.9 Å². The van der Waals surface area contributed by atoms with Gasteiger partial charge in [-0.15, -0.1) is 0 Å². The van der Waals surface area contributed by atoms with Crippen molar-refractivity contribution >= 4 is 21.6 Å². The SMILES string of the molecule is CCC1(O)CN(S(=O)(=O)c2cccc(Cl)c2F)C1. The van der Waals surface area contributed by atoms with Crippen LogP contribution < -0.4 is 0 Å². The zero-order valence-corrected chi connectivity index (χ0v) is 11.3. The van der Waals surface area contributed by atoms with Gasteiger partial charge in [-0.2, -0.15) is 4.31 Å². The highest BCUT2D eigenvalue weighted by atomic mass is 35.5. The van der Waals surface area contributed by atoms with Gasteiger partial charge in [-0.05, 0) is 18.6 Å². The summed E-state index contributed by atoms with van der Waals surface area (Å²) in [6, 6.07) is 3.83. The summed E-state index contributed by atoms with van der Waals surface area (Å²) >= 11 is 5.56. The number of hydrogen-bond donors (Lipinski definition) is 1. The Hall–Kier alpha value is -0.690. The van der Waals surface area contributed by atoms with E-state index in [2.05, 4.69) is 0 Å². The average Bonchev–Trinajstić information content (AvgIpc) is 2.28. The summed E-state index contributed by atoms with van der Waals surface area (Å²) in [5.74, 6) is -0.953. The van der Waals surface area contributed by atoms with Gasteiger partial charge in [0.1, 0.15) is 4.90 Å². The van der Waals surface area contributed by atoms with Crippen LogP contribution in [0.5, 0.6) is 0 Å². The van der Waals surface area contributed by atoms with Gasteiger partial charge in [-0.25, -0.2) is 12.8 Å². The molecule has 1 aliphatic rings. The smallest absolute Gasteiger partial charge is 0.246 e. The molecule has 100 valence electrons. The van der Waals surface area contributed by atoms with Gasteiger partial charge in [0.25, 0.3) is 0 Å². The number of halogens is 2. The second-order valence-electron chi connectivity index (χ2n) is 4.40. The van der Waals surface area contributed by atoms with Crippen LogP contribution in [-0.4, -0.2) is 36.5 Å². The van der Waals surface area contributed by atoms with Crippen molar-refractivity contribution in [2.24, 2.45) is 0 Å². The Bertz CT molecular complexity index is 570. The van der Waals surface area contributed by atoms with Crippen molar-refractivity contribution in [1.82, 2.24) is 4.31 Å². The van der Waals surface area contributed by atoms with Crippen LogP contribution in [0.15, 0.2) is 23.1 Å². The second kappa shape index (κ2) is 4.45. The monoisotopic (exact) mass is 293 g/mol. The molecule has 1 fully saturated rings. The van der Waals surface area contributed by atoms with E-state index in [-0.39, 0.29) is 18.1 Å². The third-order valence-corrected chi connectivity index (χ3v) is 5.23. The van der Waals surface area contributed by atoms with Crippen LogP contribution in [0.3, 0.4) is 0 Å². The highest BCUT2D eigenvalue weighted by molar-refractivity contribution is 7.89. The molecule has 7 heteroatoms. The summed E-state index contributed by atoms with van der Waals surface area (Å²) in [5, 5.41) is 9.56. The van der Waals surface area contributed by atoms with E-state index in [0.717, 1.165) is 4.31 Å². The van der Waals surface area contributed by atoms with Crippen molar-refractivity contribution in [3.63, 3.8) is 0 Å². The van der Waals surface area contributed by atoms with E-state index < -0.39 is 26.3 Å². The predicted octanol–water partition coefficient (Wildman–Crippen LogP) is 1.62. The number of sulfonamides is 1. The van der Waals surface area contributed by atoms with Gasteiger partial charge >= 0.3 is 0 Å². The van der Waals surface area contributed by atoms with Gasteiger partial charge in [-0.3, -0.25) is 0 Å². The maximum atomic E-state index is 13.7. The molecule has 1 saturated heterocycles. The second-order valence-corrected chi connectivity index (χ2v) is 6.72. The first-order valence-electron chi connectivity index (χ1n) is 5.47. The van der Waals surface area contributed by atoms with Gasteiger partial charge < -0.3 is 5.11 Å². The lowest BCUT2D eigenvalue weighted by Gasteiger charge is -2.44. The molecule has 1 aromatic carbocycles. The molecular formula is C11H13ClFNO3S. The molecule has 1 heterocycles. The van der Waals surface area contributed by atoms with Crippen molar-refractivity contribution in [1.29, 1.82) is 0 Å². The largest absolute Gasteiger partial charge is 0.387 e. The first-order valence-corrected chi connectivity index (χ1v) is 7.28. The summed E-state index contributed by atoms with van der Waals surface area (Å²) in [4.78, 5) is -0.451. The highest BCUT2D eigenvalue weighted by Gasteiger charge is 2.46. The molecule has 0 aromatic heterocycles. The molecule has 0 aliphatic carbocycles.